The van der Waals surface area contributed by atoms with Crippen molar-refractivity contribution in [2.45, 2.75) is 77.0 Å². The van der Waals surface area contributed by atoms with Crippen LogP contribution in [0.2, 0.25) is 0 Å². The molecule has 0 aromatic heterocycles. The van der Waals surface area contributed by atoms with Crippen molar-refractivity contribution in [3.8, 4) is 0 Å². The molecule has 122 valence electrons. The molecular formula is C20H26Y4-4. The van der Waals surface area contributed by atoms with Gasteiger partial charge in [-0.25, -0.2) is 0 Å². The van der Waals surface area contributed by atoms with Gasteiger partial charge in [0, 0.05) is 131 Å². The molecule has 8 fully saturated rings. The average molecular weight is 622 g/mol. The minimum atomic E-state index is 0. The SMILES string of the molecule is C1[C-]2CC3C[C-]1CC(C14C[C-]5C[C-](CC(C5)C1)C4)(C2)C3.[Y].[Y].[Y].[Y]. The number of hydrogen-bond acceptors (Lipinski definition) is 0. The molecule has 8 rings (SSSR count). The molecule has 0 aromatic carbocycles. The zero-order valence-electron chi connectivity index (χ0n) is 14.9. The van der Waals surface area contributed by atoms with Gasteiger partial charge in [-0.15, -0.1) is 0 Å². The molecule has 0 N–H and O–H groups in total. The largest absolute Gasteiger partial charge is 0.342 e. The molecule has 0 atom stereocenters. The Bertz CT molecular complexity index is 348. The van der Waals surface area contributed by atoms with Crippen LogP contribution in [0.25, 0.3) is 0 Å². The predicted octanol–water partition coefficient (Wildman–Crippen LogP) is 5.24. The van der Waals surface area contributed by atoms with E-state index in [0.29, 0.717) is 0 Å². The van der Waals surface area contributed by atoms with Gasteiger partial charge in [0.1, 0.15) is 0 Å². The Morgan fingerprint density at radius 3 is 1.04 bits per heavy atom. The molecular weight excluding hydrogens is 596 g/mol. The smallest absolute Gasteiger partial charge is 0 e. The Balaban J connectivity index is 0.000000521. The first-order valence-electron chi connectivity index (χ1n) is 9.06. The molecule has 0 amide bonds. The molecule has 0 heterocycles. The van der Waals surface area contributed by atoms with Gasteiger partial charge in [0.2, 0.25) is 0 Å². The maximum absolute atomic E-state index is 1.97. The fourth-order valence-corrected chi connectivity index (χ4v) is 8.22. The van der Waals surface area contributed by atoms with E-state index < -0.39 is 0 Å². The van der Waals surface area contributed by atoms with Crippen molar-refractivity contribution in [2.24, 2.45) is 22.7 Å². The van der Waals surface area contributed by atoms with E-state index in [2.05, 4.69) is 0 Å². The molecule has 8 aliphatic rings. The quantitative estimate of drug-likeness (QED) is 0.352. The normalized spacial score (nSPS) is 46.0. The maximum atomic E-state index is 1.97. The standard InChI is InChI=1S/C20H26.4Y/c1-13-2-15-3-14(1)8-19(7-13,9-15)20-10-16-4-17(11-20)6-18(5-16)12-20;;;;/h13,16H,1-12H2;;;;/q-4;;;;. The molecule has 8 bridgehead atoms. The van der Waals surface area contributed by atoms with E-state index >= 15 is 0 Å². The third-order valence-corrected chi connectivity index (χ3v) is 8.15. The summed E-state index contributed by atoms with van der Waals surface area (Å²) in [5.74, 6) is 10.0. The van der Waals surface area contributed by atoms with Crippen LogP contribution in [0.15, 0.2) is 0 Å². The van der Waals surface area contributed by atoms with Gasteiger partial charge in [0.05, 0.1) is 0 Å². The van der Waals surface area contributed by atoms with E-state index in [4.69, 9.17) is 0 Å². The third kappa shape index (κ3) is 3.75. The summed E-state index contributed by atoms with van der Waals surface area (Å²) in [5.41, 5.74) is 1.49. The Kier molecular flexibility index (Phi) is 9.13. The fraction of sp³-hybridized carbons (Fsp3) is 0.800. The number of rotatable bonds is 1. The van der Waals surface area contributed by atoms with E-state index in [1.54, 1.807) is 38.5 Å². The zero-order valence-corrected chi connectivity index (χ0v) is 26.3. The second kappa shape index (κ2) is 8.88. The fourth-order valence-electron chi connectivity index (χ4n) is 8.22. The summed E-state index contributed by atoms with van der Waals surface area (Å²) in [6.45, 7) is 0. The van der Waals surface area contributed by atoms with Crippen LogP contribution < -0.4 is 0 Å². The van der Waals surface area contributed by atoms with E-state index in [1.165, 1.54) is 38.5 Å². The third-order valence-electron chi connectivity index (χ3n) is 8.15. The van der Waals surface area contributed by atoms with E-state index in [1.807, 2.05) is 23.7 Å². The van der Waals surface area contributed by atoms with Crippen molar-refractivity contribution in [1.82, 2.24) is 0 Å². The summed E-state index contributed by atoms with van der Waals surface area (Å²) < 4.78 is 0. The van der Waals surface area contributed by atoms with Gasteiger partial charge in [0.15, 0.2) is 0 Å². The second-order valence-electron chi connectivity index (χ2n) is 9.58. The van der Waals surface area contributed by atoms with Crippen molar-refractivity contribution in [3.63, 3.8) is 0 Å². The van der Waals surface area contributed by atoms with Gasteiger partial charge in [-0.05, 0) is 0 Å². The first-order valence-corrected chi connectivity index (χ1v) is 9.06. The van der Waals surface area contributed by atoms with Gasteiger partial charge < -0.3 is 36.5 Å². The van der Waals surface area contributed by atoms with Crippen molar-refractivity contribution in [2.75, 3.05) is 0 Å². The molecule has 0 spiro atoms. The van der Waals surface area contributed by atoms with Gasteiger partial charge >= 0.3 is 0 Å². The van der Waals surface area contributed by atoms with Crippen molar-refractivity contribution >= 4 is 0 Å². The first-order chi connectivity index (χ1) is 9.72. The van der Waals surface area contributed by atoms with Gasteiger partial charge in [-0.1, -0.05) is 35.5 Å². The molecule has 24 heavy (non-hydrogen) atoms. The van der Waals surface area contributed by atoms with E-state index in [-0.39, 0.29) is 131 Å². The summed E-state index contributed by atoms with van der Waals surface area (Å²) >= 11 is 0. The second-order valence-corrected chi connectivity index (χ2v) is 9.58. The zero-order chi connectivity index (χ0) is 12.9. The maximum Gasteiger partial charge on any atom is 0 e. The molecule has 0 aromatic rings. The Morgan fingerprint density at radius 2 is 0.792 bits per heavy atom. The van der Waals surface area contributed by atoms with Gasteiger partial charge in [0.25, 0.3) is 0 Å². The van der Waals surface area contributed by atoms with Crippen molar-refractivity contribution in [3.05, 3.63) is 23.7 Å². The van der Waals surface area contributed by atoms with E-state index in [0.717, 1.165) is 22.7 Å². The van der Waals surface area contributed by atoms with Crippen LogP contribution in [0.1, 0.15) is 77.0 Å². The van der Waals surface area contributed by atoms with Crippen LogP contribution in [0, 0.1) is 46.3 Å². The Morgan fingerprint density at radius 1 is 0.500 bits per heavy atom. The molecule has 8 aliphatic carbocycles. The van der Waals surface area contributed by atoms with Crippen LogP contribution in [-0.2, 0) is 131 Å². The molecule has 0 aliphatic heterocycles. The molecule has 0 saturated heterocycles. The topological polar surface area (TPSA) is 0 Å². The van der Waals surface area contributed by atoms with Crippen molar-refractivity contribution < 1.29 is 131 Å². The van der Waals surface area contributed by atoms with E-state index in [9.17, 15) is 0 Å². The Labute approximate surface area is 249 Å². The molecule has 4 radical (unpaired) electrons. The Hall–Kier alpha value is 4.42. The summed E-state index contributed by atoms with van der Waals surface area (Å²) in [6.07, 6.45) is 18.3. The minimum Gasteiger partial charge on any atom is -0.342 e. The van der Waals surface area contributed by atoms with Crippen molar-refractivity contribution in [1.29, 1.82) is 0 Å². The summed E-state index contributed by atoms with van der Waals surface area (Å²) in [6, 6.07) is 0. The molecule has 0 unspecified atom stereocenters. The van der Waals surface area contributed by atoms with Gasteiger partial charge in [-0.2, -0.15) is 51.4 Å². The summed E-state index contributed by atoms with van der Waals surface area (Å²) in [7, 11) is 0. The van der Waals surface area contributed by atoms with Crippen LogP contribution in [0.4, 0.5) is 0 Å². The van der Waals surface area contributed by atoms with Crippen LogP contribution in [-0.4, -0.2) is 0 Å². The molecule has 0 nitrogen and oxygen atoms in total. The summed E-state index contributed by atoms with van der Waals surface area (Å²) in [4.78, 5) is 0. The van der Waals surface area contributed by atoms with Crippen LogP contribution in [0.3, 0.4) is 0 Å². The molecule has 8 saturated carbocycles. The minimum absolute atomic E-state index is 0. The van der Waals surface area contributed by atoms with Crippen LogP contribution >= 0.6 is 0 Å². The predicted molar refractivity (Wildman–Crippen MR) is 80.2 cm³/mol. The number of hydrogen-bond donors (Lipinski definition) is 0. The molecule has 4 heteroatoms. The van der Waals surface area contributed by atoms with Crippen LogP contribution in [0.5, 0.6) is 0 Å². The van der Waals surface area contributed by atoms with Gasteiger partial charge in [-0.3, -0.25) is 0 Å². The monoisotopic (exact) mass is 622 g/mol. The average Bonchev–Trinajstić information content (AvgIpc) is 2.35. The first kappa shape index (κ1) is 24.7. The summed E-state index contributed by atoms with van der Waals surface area (Å²) in [5, 5.41) is 0.